The Morgan fingerprint density at radius 2 is 2.00 bits per heavy atom. The lowest BCUT2D eigenvalue weighted by molar-refractivity contribution is -0.402. The molecule has 0 rings (SSSR count). The molecule has 0 aliphatic rings. The van der Waals surface area contributed by atoms with Crippen LogP contribution in [-0.4, -0.2) is 17.9 Å². The van der Waals surface area contributed by atoms with Gasteiger partial charge in [0, 0.05) is 0 Å². The zero-order valence-corrected chi connectivity index (χ0v) is 4.91. The molecule has 0 unspecified atom stereocenters. The van der Waals surface area contributed by atoms with Crippen molar-refractivity contribution in [1.29, 1.82) is 0 Å². The highest BCUT2D eigenvalue weighted by Gasteiger charge is 1.97. The maximum Gasteiger partial charge on any atom is 0.293 e. The Morgan fingerprint density at radius 1 is 1.56 bits per heavy atom. The summed E-state index contributed by atoms with van der Waals surface area (Å²) < 4.78 is 27.2. The molecule has 7 heteroatoms. The molecule has 0 aromatic rings. The van der Waals surface area contributed by atoms with Crippen LogP contribution in [0.4, 0.5) is 0 Å². The first-order valence-corrected chi connectivity index (χ1v) is 3.21. The van der Waals surface area contributed by atoms with Crippen molar-refractivity contribution in [3.05, 3.63) is 21.7 Å². The predicted octanol–water partition coefficient (Wildman–Crippen LogP) is -0.378. The van der Waals surface area contributed by atoms with E-state index in [2.05, 4.69) is 0 Å². The fraction of sp³-hybridized carbons (Fsp3) is 0. The molecule has 0 aromatic heterocycles. The van der Waals surface area contributed by atoms with Crippen LogP contribution in [0.25, 0.3) is 0 Å². The van der Waals surface area contributed by atoms with Crippen molar-refractivity contribution in [2.75, 3.05) is 0 Å². The molecule has 0 saturated carbocycles. The number of nitro groups is 1. The molecular weight excluding hydrogens is 150 g/mol. The first-order chi connectivity index (χ1) is 3.92. The Morgan fingerprint density at radius 3 is 2.11 bits per heavy atom. The minimum absolute atomic E-state index is 0.0903. The van der Waals surface area contributed by atoms with E-state index in [9.17, 15) is 18.5 Å². The van der Waals surface area contributed by atoms with E-state index < -0.39 is 15.0 Å². The summed E-state index contributed by atoms with van der Waals surface area (Å²) >= 11 is 0. The summed E-state index contributed by atoms with van der Waals surface area (Å²) in [6.07, 6.45) is 0.134. The zero-order chi connectivity index (χ0) is 7.49. The Labute approximate surface area is 50.7 Å². The lowest BCUT2D eigenvalue weighted by atomic mass is 11.1. The van der Waals surface area contributed by atoms with Crippen LogP contribution in [0, 0.1) is 10.1 Å². The van der Waals surface area contributed by atoms with Crippen molar-refractivity contribution in [2.45, 2.75) is 0 Å². The summed E-state index contributed by atoms with van der Waals surface area (Å²) in [6, 6.07) is 0. The average Bonchev–Trinajstić information content (AvgIpc) is 1.59. The second-order valence-electron chi connectivity index (χ2n) is 1.09. The number of nitrogens with zero attached hydrogens (tertiary/aromatic N) is 1. The van der Waals surface area contributed by atoms with Crippen molar-refractivity contribution in [3.8, 4) is 0 Å². The summed E-state index contributed by atoms with van der Waals surface area (Å²) in [4.78, 5) is 8.40. The minimum Gasteiger partial charge on any atom is -0.282 e. The molecule has 1 N–H and O–H groups in total. The van der Waals surface area contributed by atoms with Gasteiger partial charge in [-0.3, -0.25) is 14.7 Å². The minimum atomic E-state index is -4.34. The van der Waals surface area contributed by atoms with Gasteiger partial charge in [-0.2, -0.15) is 8.42 Å². The second-order valence-corrected chi connectivity index (χ2v) is 2.39. The van der Waals surface area contributed by atoms with E-state index in [4.69, 9.17) is 4.55 Å². The SMILES string of the molecule is O=[N+]([O-])C=CS(=O)(=O)O. The smallest absolute Gasteiger partial charge is 0.282 e. The van der Waals surface area contributed by atoms with Crippen LogP contribution in [-0.2, 0) is 10.1 Å². The average molecular weight is 153 g/mol. The van der Waals surface area contributed by atoms with Gasteiger partial charge in [-0.15, -0.1) is 0 Å². The quantitative estimate of drug-likeness (QED) is 0.331. The van der Waals surface area contributed by atoms with Crippen molar-refractivity contribution in [3.63, 3.8) is 0 Å². The van der Waals surface area contributed by atoms with Gasteiger partial charge in [-0.25, -0.2) is 0 Å². The lowest BCUT2D eigenvalue weighted by Gasteiger charge is -1.77. The Balaban J connectivity index is 4.21. The molecule has 0 aliphatic carbocycles. The first kappa shape index (κ1) is 8.05. The standard InChI is InChI=1S/C2H3NO5S/c4-3(5)1-2-9(6,7)8/h1-2H,(H,6,7,8). The van der Waals surface area contributed by atoms with E-state index in [-0.39, 0.29) is 11.6 Å². The number of rotatable bonds is 2. The molecule has 0 heterocycles. The fourth-order valence-electron chi connectivity index (χ4n) is 0.127. The van der Waals surface area contributed by atoms with Crippen LogP contribution in [0.2, 0.25) is 0 Å². The van der Waals surface area contributed by atoms with Gasteiger partial charge in [0.05, 0.1) is 4.92 Å². The summed E-state index contributed by atoms with van der Waals surface area (Å²) in [6.45, 7) is 0. The third-order valence-electron chi connectivity index (χ3n) is 0.355. The van der Waals surface area contributed by atoms with Gasteiger partial charge in [0.2, 0.25) is 6.20 Å². The van der Waals surface area contributed by atoms with Crippen molar-refractivity contribution < 1.29 is 17.9 Å². The van der Waals surface area contributed by atoms with Crippen LogP contribution < -0.4 is 0 Å². The van der Waals surface area contributed by atoms with E-state index in [1.54, 1.807) is 0 Å². The second kappa shape index (κ2) is 2.55. The highest BCUT2D eigenvalue weighted by molar-refractivity contribution is 7.88. The molecule has 0 atom stereocenters. The van der Waals surface area contributed by atoms with Gasteiger partial charge in [-0.05, 0) is 0 Å². The molecule has 0 radical (unpaired) electrons. The Bertz CT molecular complexity index is 225. The van der Waals surface area contributed by atoms with Crippen molar-refractivity contribution >= 4 is 10.1 Å². The third-order valence-corrected chi connectivity index (χ3v) is 0.820. The van der Waals surface area contributed by atoms with Gasteiger partial charge < -0.3 is 0 Å². The largest absolute Gasteiger partial charge is 0.293 e. The zero-order valence-electron chi connectivity index (χ0n) is 4.09. The van der Waals surface area contributed by atoms with Crippen LogP contribution in [0.3, 0.4) is 0 Å². The molecule has 6 nitrogen and oxygen atoms in total. The highest BCUT2D eigenvalue weighted by atomic mass is 32.2. The molecule has 0 aliphatic heterocycles. The maximum atomic E-state index is 9.70. The van der Waals surface area contributed by atoms with Gasteiger partial charge in [0.15, 0.2) is 0 Å². The van der Waals surface area contributed by atoms with E-state index in [0.717, 1.165) is 0 Å². The normalized spacial score (nSPS) is 12.1. The monoisotopic (exact) mass is 153 g/mol. The van der Waals surface area contributed by atoms with Crippen molar-refractivity contribution in [1.82, 2.24) is 0 Å². The van der Waals surface area contributed by atoms with E-state index in [0.29, 0.717) is 0 Å². The van der Waals surface area contributed by atoms with Gasteiger partial charge >= 0.3 is 0 Å². The molecule has 0 aromatic carbocycles. The summed E-state index contributed by atoms with van der Waals surface area (Å²) in [5.74, 6) is 0. The van der Waals surface area contributed by atoms with Crippen LogP contribution in [0.15, 0.2) is 11.6 Å². The van der Waals surface area contributed by atoms with Crippen LogP contribution in [0.5, 0.6) is 0 Å². The Kier molecular flexibility index (Phi) is 2.29. The Hall–Kier alpha value is -0.950. The van der Waals surface area contributed by atoms with Gasteiger partial charge in [0.1, 0.15) is 5.41 Å². The maximum absolute atomic E-state index is 9.70. The summed E-state index contributed by atoms with van der Waals surface area (Å²) in [7, 11) is -4.34. The molecule has 0 spiro atoms. The highest BCUT2D eigenvalue weighted by Crippen LogP contribution is 1.83. The molecule has 0 fully saturated rings. The number of hydrogen-bond donors (Lipinski definition) is 1. The molecule has 0 amide bonds. The number of hydrogen-bond acceptors (Lipinski definition) is 4. The van der Waals surface area contributed by atoms with Gasteiger partial charge in [-0.1, -0.05) is 0 Å². The van der Waals surface area contributed by atoms with E-state index in [1.807, 2.05) is 0 Å². The topological polar surface area (TPSA) is 97.5 Å². The third kappa shape index (κ3) is 7.05. The molecular formula is C2H3NO5S. The molecule has 9 heavy (non-hydrogen) atoms. The van der Waals surface area contributed by atoms with Crippen LogP contribution in [0.1, 0.15) is 0 Å². The predicted molar refractivity (Wildman–Crippen MR) is 27.7 cm³/mol. The molecule has 52 valence electrons. The summed E-state index contributed by atoms with van der Waals surface area (Å²) in [5.41, 5.74) is 0. The van der Waals surface area contributed by atoms with Crippen molar-refractivity contribution in [2.24, 2.45) is 0 Å². The summed E-state index contributed by atoms with van der Waals surface area (Å²) in [5, 5.41) is 9.48. The van der Waals surface area contributed by atoms with E-state index >= 15 is 0 Å². The van der Waals surface area contributed by atoms with Crippen LogP contribution >= 0.6 is 0 Å². The van der Waals surface area contributed by atoms with Gasteiger partial charge in [0.25, 0.3) is 10.1 Å². The lowest BCUT2D eigenvalue weighted by Crippen LogP contribution is -1.92. The molecule has 0 bridgehead atoms. The fourth-order valence-corrected chi connectivity index (χ4v) is 0.380. The van der Waals surface area contributed by atoms with E-state index in [1.165, 1.54) is 0 Å². The first-order valence-electron chi connectivity index (χ1n) is 1.71. The molecule has 0 saturated heterocycles.